The van der Waals surface area contributed by atoms with E-state index in [1.54, 1.807) is 0 Å². The Morgan fingerprint density at radius 1 is 0.900 bits per heavy atom. The number of benzene rings is 1. The SMILES string of the molecule is CCCNC(c1ccncc1)c1ccc(C(C)C)cc1. The average Bonchev–Trinajstić information content (AvgIpc) is 2.49. The van der Waals surface area contributed by atoms with Gasteiger partial charge in [0, 0.05) is 12.4 Å². The van der Waals surface area contributed by atoms with E-state index in [1.807, 2.05) is 12.4 Å². The molecule has 1 aromatic carbocycles. The Morgan fingerprint density at radius 3 is 2.00 bits per heavy atom. The second kappa shape index (κ2) is 7.20. The first-order valence-corrected chi connectivity index (χ1v) is 7.45. The lowest BCUT2D eigenvalue weighted by Crippen LogP contribution is -2.23. The first-order chi connectivity index (χ1) is 9.72. The highest BCUT2D eigenvalue weighted by atomic mass is 14.9. The molecule has 1 aromatic heterocycles. The van der Waals surface area contributed by atoms with Crippen LogP contribution in [0, 0.1) is 0 Å². The summed E-state index contributed by atoms with van der Waals surface area (Å²) in [4.78, 5) is 4.11. The van der Waals surface area contributed by atoms with Gasteiger partial charge in [0.15, 0.2) is 0 Å². The van der Waals surface area contributed by atoms with Crippen molar-refractivity contribution in [2.75, 3.05) is 6.54 Å². The van der Waals surface area contributed by atoms with Crippen LogP contribution in [0.5, 0.6) is 0 Å². The quantitative estimate of drug-likeness (QED) is 0.845. The Balaban J connectivity index is 2.26. The fraction of sp³-hybridized carbons (Fsp3) is 0.389. The first kappa shape index (κ1) is 14.7. The lowest BCUT2D eigenvalue weighted by molar-refractivity contribution is 0.598. The lowest BCUT2D eigenvalue weighted by Gasteiger charge is -2.20. The van der Waals surface area contributed by atoms with Gasteiger partial charge in [0.05, 0.1) is 6.04 Å². The molecule has 1 atom stereocenters. The van der Waals surface area contributed by atoms with E-state index in [2.05, 4.69) is 67.5 Å². The van der Waals surface area contributed by atoms with Gasteiger partial charge in [-0.3, -0.25) is 4.98 Å². The van der Waals surface area contributed by atoms with Crippen LogP contribution in [0.2, 0.25) is 0 Å². The third-order valence-corrected chi connectivity index (χ3v) is 3.57. The van der Waals surface area contributed by atoms with E-state index in [1.165, 1.54) is 16.7 Å². The van der Waals surface area contributed by atoms with Crippen molar-refractivity contribution in [1.29, 1.82) is 0 Å². The Hall–Kier alpha value is -1.67. The molecule has 0 fully saturated rings. The van der Waals surface area contributed by atoms with E-state index < -0.39 is 0 Å². The van der Waals surface area contributed by atoms with Gasteiger partial charge in [-0.25, -0.2) is 0 Å². The zero-order valence-corrected chi connectivity index (χ0v) is 12.6. The summed E-state index contributed by atoms with van der Waals surface area (Å²) in [5, 5.41) is 3.62. The van der Waals surface area contributed by atoms with E-state index in [-0.39, 0.29) is 6.04 Å². The van der Waals surface area contributed by atoms with Gasteiger partial charge in [0.25, 0.3) is 0 Å². The molecule has 0 spiro atoms. The summed E-state index contributed by atoms with van der Waals surface area (Å²) in [5.41, 5.74) is 3.97. The average molecular weight is 268 g/mol. The maximum absolute atomic E-state index is 4.11. The molecule has 2 aromatic rings. The fourth-order valence-electron chi connectivity index (χ4n) is 2.35. The van der Waals surface area contributed by atoms with Gasteiger partial charge in [-0.15, -0.1) is 0 Å². The molecule has 0 bridgehead atoms. The van der Waals surface area contributed by atoms with Crippen LogP contribution in [-0.2, 0) is 0 Å². The minimum absolute atomic E-state index is 0.249. The zero-order chi connectivity index (χ0) is 14.4. The number of hydrogen-bond donors (Lipinski definition) is 1. The van der Waals surface area contributed by atoms with Crippen LogP contribution >= 0.6 is 0 Å². The van der Waals surface area contributed by atoms with Crippen LogP contribution in [0.1, 0.15) is 55.8 Å². The molecule has 0 amide bonds. The van der Waals surface area contributed by atoms with Crippen LogP contribution in [0.3, 0.4) is 0 Å². The van der Waals surface area contributed by atoms with Crippen LogP contribution in [0.15, 0.2) is 48.8 Å². The van der Waals surface area contributed by atoms with Crippen molar-refractivity contribution in [2.45, 2.75) is 39.2 Å². The van der Waals surface area contributed by atoms with E-state index in [9.17, 15) is 0 Å². The maximum Gasteiger partial charge on any atom is 0.0577 e. The Bertz CT molecular complexity index is 503. The van der Waals surface area contributed by atoms with Crippen molar-refractivity contribution in [3.05, 3.63) is 65.5 Å². The smallest absolute Gasteiger partial charge is 0.0577 e. The van der Waals surface area contributed by atoms with Crippen molar-refractivity contribution in [3.8, 4) is 0 Å². The lowest BCUT2D eigenvalue weighted by atomic mass is 9.95. The third kappa shape index (κ3) is 3.67. The molecule has 1 unspecified atom stereocenters. The third-order valence-electron chi connectivity index (χ3n) is 3.57. The standard InChI is InChI=1S/C18H24N2/c1-4-11-20-18(17-9-12-19-13-10-17)16-7-5-15(6-8-16)14(2)3/h5-10,12-14,18,20H,4,11H2,1-3H3. The highest BCUT2D eigenvalue weighted by molar-refractivity contribution is 5.33. The van der Waals surface area contributed by atoms with Crippen molar-refractivity contribution in [2.24, 2.45) is 0 Å². The first-order valence-electron chi connectivity index (χ1n) is 7.45. The van der Waals surface area contributed by atoms with Gasteiger partial charge in [0.2, 0.25) is 0 Å². The molecule has 2 heteroatoms. The molecular weight excluding hydrogens is 244 g/mol. The molecule has 2 nitrogen and oxygen atoms in total. The fourth-order valence-corrected chi connectivity index (χ4v) is 2.35. The van der Waals surface area contributed by atoms with Crippen molar-refractivity contribution in [1.82, 2.24) is 10.3 Å². The number of nitrogens with one attached hydrogen (secondary N) is 1. The minimum Gasteiger partial charge on any atom is -0.306 e. The second-order valence-electron chi connectivity index (χ2n) is 5.49. The van der Waals surface area contributed by atoms with Gasteiger partial charge in [-0.05, 0) is 47.7 Å². The molecule has 0 radical (unpaired) electrons. The number of aromatic nitrogens is 1. The molecule has 0 saturated heterocycles. The summed E-state index contributed by atoms with van der Waals surface area (Å²) in [6.45, 7) is 7.66. The summed E-state index contributed by atoms with van der Waals surface area (Å²) in [6.07, 6.45) is 4.85. The molecule has 1 N–H and O–H groups in total. The van der Waals surface area contributed by atoms with Crippen LogP contribution in [0.25, 0.3) is 0 Å². The summed E-state index contributed by atoms with van der Waals surface area (Å²) < 4.78 is 0. The van der Waals surface area contributed by atoms with E-state index in [4.69, 9.17) is 0 Å². The van der Waals surface area contributed by atoms with E-state index in [0.29, 0.717) is 5.92 Å². The molecule has 20 heavy (non-hydrogen) atoms. The van der Waals surface area contributed by atoms with Gasteiger partial charge in [0.1, 0.15) is 0 Å². The van der Waals surface area contributed by atoms with E-state index >= 15 is 0 Å². The molecule has 0 aliphatic carbocycles. The molecule has 106 valence electrons. The summed E-state index contributed by atoms with van der Waals surface area (Å²) in [5.74, 6) is 0.576. The van der Waals surface area contributed by atoms with Gasteiger partial charge in [-0.2, -0.15) is 0 Å². The molecule has 2 rings (SSSR count). The molecule has 0 aliphatic rings. The molecular formula is C18H24N2. The molecule has 0 saturated carbocycles. The van der Waals surface area contributed by atoms with Gasteiger partial charge >= 0.3 is 0 Å². The number of rotatable bonds is 6. The molecule has 1 heterocycles. The van der Waals surface area contributed by atoms with Crippen molar-refractivity contribution in [3.63, 3.8) is 0 Å². The predicted octanol–water partition coefficient (Wildman–Crippen LogP) is 4.29. The molecule has 0 aliphatic heterocycles. The Morgan fingerprint density at radius 2 is 1.45 bits per heavy atom. The highest BCUT2D eigenvalue weighted by Crippen LogP contribution is 2.23. The Kier molecular flexibility index (Phi) is 5.31. The zero-order valence-electron chi connectivity index (χ0n) is 12.6. The largest absolute Gasteiger partial charge is 0.306 e. The van der Waals surface area contributed by atoms with Crippen LogP contribution in [0.4, 0.5) is 0 Å². The monoisotopic (exact) mass is 268 g/mol. The summed E-state index contributed by atoms with van der Waals surface area (Å²) >= 11 is 0. The van der Waals surface area contributed by atoms with Crippen molar-refractivity contribution < 1.29 is 0 Å². The summed E-state index contributed by atoms with van der Waals surface area (Å²) in [6, 6.07) is 13.4. The van der Waals surface area contributed by atoms with E-state index in [0.717, 1.165) is 13.0 Å². The van der Waals surface area contributed by atoms with Crippen molar-refractivity contribution >= 4 is 0 Å². The van der Waals surface area contributed by atoms with Crippen LogP contribution < -0.4 is 5.32 Å². The highest BCUT2D eigenvalue weighted by Gasteiger charge is 2.13. The Labute approximate surface area is 122 Å². The van der Waals surface area contributed by atoms with Gasteiger partial charge < -0.3 is 5.32 Å². The predicted molar refractivity (Wildman–Crippen MR) is 84.9 cm³/mol. The van der Waals surface area contributed by atoms with Gasteiger partial charge in [-0.1, -0.05) is 45.0 Å². The van der Waals surface area contributed by atoms with Crippen LogP contribution in [-0.4, -0.2) is 11.5 Å². The second-order valence-corrected chi connectivity index (χ2v) is 5.49. The number of nitrogens with zero attached hydrogens (tertiary/aromatic N) is 1. The number of hydrogen-bond acceptors (Lipinski definition) is 2. The normalized spacial score (nSPS) is 12.6. The topological polar surface area (TPSA) is 24.9 Å². The maximum atomic E-state index is 4.11. The minimum atomic E-state index is 0.249. The summed E-state index contributed by atoms with van der Waals surface area (Å²) in [7, 11) is 0. The number of pyridine rings is 1.